The second kappa shape index (κ2) is 6.80. The van der Waals surface area contributed by atoms with Crippen molar-refractivity contribution in [2.45, 2.75) is 51.4 Å². The first-order valence-electron chi connectivity index (χ1n) is 7.40. The maximum Gasteiger partial charge on any atom is 0.267 e. The van der Waals surface area contributed by atoms with Crippen molar-refractivity contribution in [3.63, 3.8) is 0 Å². The molecule has 1 saturated heterocycles. The zero-order chi connectivity index (χ0) is 14.7. The fourth-order valence-electron chi connectivity index (χ4n) is 2.40. The molecule has 1 aliphatic heterocycles. The molecule has 6 heteroatoms. The van der Waals surface area contributed by atoms with Crippen LogP contribution in [-0.2, 0) is 14.4 Å². The molecule has 1 heterocycles. The second-order valence-corrected chi connectivity index (χ2v) is 7.06. The van der Waals surface area contributed by atoms with Gasteiger partial charge in [-0.25, -0.2) is 5.48 Å². The van der Waals surface area contributed by atoms with Gasteiger partial charge in [-0.15, -0.1) is 11.8 Å². The van der Waals surface area contributed by atoms with E-state index in [1.807, 2.05) is 11.8 Å². The van der Waals surface area contributed by atoms with Crippen molar-refractivity contribution in [3.8, 4) is 0 Å². The van der Waals surface area contributed by atoms with Crippen molar-refractivity contribution < 1.29 is 14.4 Å². The Hall–Kier alpha value is -0.750. The third-order valence-electron chi connectivity index (χ3n) is 3.57. The number of hydrogen-bond acceptors (Lipinski definition) is 4. The van der Waals surface area contributed by atoms with Gasteiger partial charge in [-0.3, -0.25) is 14.4 Å². The molecule has 2 aliphatic rings. The number of nitrogens with zero attached hydrogens (tertiary/aromatic N) is 1. The Morgan fingerprint density at radius 2 is 2.10 bits per heavy atom. The molecular weight excluding hydrogens is 276 g/mol. The molecule has 0 aromatic rings. The Morgan fingerprint density at radius 3 is 2.65 bits per heavy atom. The number of nitrogens with one attached hydrogen (secondary N) is 1. The van der Waals surface area contributed by atoms with E-state index in [1.54, 1.807) is 11.8 Å². The average Bonchev–Trinajstić information content (AvgIpc) is 3.16. The Balaban J connectivity index is 2.05. The van der Waals surface area contributed by atoms with Crippen molar-refractivity contribution in [1.82, 2.24) is 10.4 Å². The first kappa shape index (κ1) is 15.6. The van der Waals surface area contributed by atoms with Gasteiger partial charge in [-0.05, 0) is 32.1 Å². The van der Waals surface area contributed by atoms with E-state index in [9.17, 15) is 9.59 Å². The van der Waals surface area contributed by atoms with Crippen LogP contribution in [0.5, 0.6) is 0 Å². The molecule has 1 aliphatic carbocycles. The van der Waals surface area contributed by atoms with Crippen LogP contribution < -0.4 is 5.48 Å². The van der Waals surface area contributed by atoms with Crippen LogP contribution in [0.1, 0.15) is 40.0 Å². The number of carbonyl (C=O) groups is 2. The van der Waals surface area contributed by atoms with Crippen molar-refractivity contribution in [2.75, 3.05) is 12.4 Å². The molecule has 0 spiro atoms. The maximum absolute atomic E-state index is 12.5. The molecule has 2 atom stereocenters. The van der Waals surface area contributed by atoms with Gasteiger partial charge in [-0.2, -0.15) is 0 Å². The quantitative estimate of drug-likeness (QED) is 0.760. The zero-order valence-corrected chi connectivity index (χ0v) is 13.2. The van der Waals surface area contributed by atoms with E-state index in [1.165, 1.54) is 0 Å². The highest BCUT2D eigenvalue weighted by Crippen LogP contribution is 2.39. The van der Waals surface area contributed by atoms with Gasteiger partial charge in [0.15, 0.2) is 0 Å². The highest BCUT2D eigenvalue weighted by atomic mass is 32.2. The van der Waals surface area contributed by atoms with Gasteiger partial charge < -0.3 is 4.90 Å². The number of rotatable bonds is 6. The smallest absolute Gasteiger partial charge is 0.267 e. The van der Waals surface area contributed by atoms with E-state index in [2.05, 4.69) is 19.3 Å². The highest BCUT2D eigenvalue weighted by Gasteiger charge is 2.46. The summed E-state index contributed by atoms with van der Waals surface area (Å²) in [4.78, 5) is 31.4. The van der Waals surface area contributed by atoms with Gasteiger partial charge in [0, 0.05) is 11.7 Å². The SMILES string of the molecule is CCONC(=O)C1CSC(CC(C)C)N1C(=O)C1CC1. The van der Waals surface area contributed by atoms with E-state index in [0.717, 1.165) is 19.3 Å². The highest BCUT2D eigenvalue weighted by molar-refractivity contribution is 8.00. The van der Waals surface area contributed by atoms with Crippen LogP contribution in [0.2, 0.25) is 0 Å². The molecule has 2 rings (SSSR count). The standard InChI is InChI=1S/C14H24N2O3S/c1-4-19-15-13(17)11-8-20-12(7-9(2)3)16(11)14(18)10-5-6-10/h9-12H,4-8H2,1-3H3,(H,15,17). The van der Waals surface area contributed by atoms with Crippen molar-refractivity contribution >= 4 is 23.6 Å². The van der Waals surface area contributed by atoms with Gasteiger partial charge in [0.2, 0.25) is 5.91 Å². The van der Waals surface area contributed by atoms with Crippen molar-refractivity contribution in [2.24, 2.45) is 11.8 Å². The lowest BCUT2D eigenvalue weighted by Crippen LogP contribution is -2.50. The number of carbonyl (C=O) groups excluding carboxylic acids is 2. The number of thioether (sulfide) groups is 1. The van der Waals surface area contributed by atoms with Gasteiger partial charge in [0.1, 0.15) is 6.04 Å². The number of amides is 2. The molecular formula is C14H24N2O3S. The third kappa shape index (κ3) is 3.67. The molecule has 1 N–H and O–H groups in total. The Labute approximate surface area is 124 Å². The Bertz CT molecular complexity index is 371. The molecule has 2 unspecified atom stereocenters. The predicted molar refractivity (Wildman–Crippen MR) is 78.8 cm³/mol. The minimum atomic E-state index is -0.386. The minimum absolute atomic E-state index is 0.125. The molecule has 1 saturated carbocycles. The Morgan fingerprint density at radius 1 is 1.40 bits per heavy atom. The molecule has 2 amide bonds. The first-order chi connectivity index (χ1) is 9.54. The maximum atomic E-state index is 12.5. The molecule has 0 aromatic carbocycles. The molecule has 114 valence electrons. The molecule has 0 bridgehead atoms. The van der Waals surface area contributed by atoms with Crippen LogP contribution in [0, 0.1) is 11.8 Å². The van der Waals surface area contributed by atoms with Crippen molar-refractivity contribution in [1.29, 1.82) is 0 Å². The Kier molecular flexibility index (Phi) is 5.32. The normalized spacial score (nSPS) is 26.1. The van der Waals surface area contributed by atoms with Crippen LogP contribution >= 0.6 is 11.8 Å². The summed E-state index contributed by atoms with van der Waals surface area (Å²) in [6.07, 6.45) is 2.87. The lowest BCUT2D eigenvalue weighted by atomic mass is 10.1. The fourth-order valence-corrected chi connectivity index (χ4v) is 4.05. The van der Waals surface area contributed by atoms with Crippen molar-refractivity contribution in [3.05, 3.63) is 0 Å². The summed E-state index contributed by atoms with van der Waals surface area (Å²) < 4.78 is 0. The van der Waals surface area contributed by atoms with Gasteiger partial charge >= 0.3 is 0 Å². The fraction of sp³-hybridized carbons (Fsp3) is 0.857. The summed E-state index contributed by atoms with van der Waals surface area (Å²) in [5, 5.41) is 0.125. The second-order valence-electron chi connectivity index (χ2n) is 5.85. The van der Waals surface area contributed by atoms with E-state index >= 15 is 0 Å². The summed E-state index contributed by atoms with van der Waals surface area (Å²) in [6, 6.07) is -0.386. The molecule has 0 aromatic heterocycles. The van der Waals surface area contributed by atoms with Crippen LogP contribution in [0.3, 0.4) is 0 Å². The minimum Gasteiger partial charge on any atom is -0.318 e. The van der Waals surface area contributed by atoms with Gasteiger partial charge in [0.25, 0.3) is 5.91 Å². The van der Waals surface area contributed by atoms with Crippen LogP contribution in [0.15, 0.2) is 0 Å². The molecule has 2 fully saturated rings. The van der Waals surface area contributed by atoms with Crippen LogP contribution in [0.25, 0.3) is 0 Å². The lowest BCUT2D eigenvalue weighted by Gasteiger charge is -2.29. The lowest BCUT2D eigenvalue weighted by molar-refractivity contribution is -0.146. The van der Waals surface area contributed by atoms with E-state index in [4.69, 9.17) is 4.84 Å². The molecule has 20 heavy (non-hydrogen) atoms. The monoisotopic (exact) mass is 300 g/mol. The van der Waals surface area contributed by atoms with Crippen LogP contribution in [-0.4, -0.2) is 40.5 Å². The third-order valence-corrected chi connectivity index (χ3v) is 4.88. The summed E-state index contributed by atoms with van der Waals surface area (Å²) in [7, 11) is 0. The number of hydroxylamine groups is 1. The summed E-state index contributed by atoms with van der Waals surface area (Å²) >= 11 is 1.71. The number of hydrogen-bond donors (Lipinski definition) is 1. The summed E-state index contributed by atoms with van der Waals surface area (Å²) in [5.41, 5.74) is 2.45. The summed E-state index contributed by atoms with van der Waals surface area (Å²) in [6.45, 7) is 6.54. The van der Waals surface area contributed by atoms with Gasteiger partial charge in [0.05, 0.1) is 12.0 Å². The first-order valence-corrected chi connectivity index (χ1v) is 8.44. The molecule has 5 nitrogen and oxygen atoms in total. The van der Waals surface area contributed by atoms with E-state index < -0.39 is 0 Å². The predicted octanol–water partition coefficient (Wildman–Crippen LogP) is 1.78. The summed E-state index contributed by atoms with van der Waals surface area (Å²) in [5.74, 6) is 1.27. The molecule has 0 radical (unpaired) electrons. The van der Waals surface area contributed by atoms with Gasteiger partial charge in [-0.1, -0.05) is 13.8 Å². The topological polar surface area (TPSA) is 58.6 Å². The van der Waals surface area contributed by atoms with Crippen LogP contribution in [0.4, 0.5) is 0 Å². The largest absolute Gasteiger partial charge is 0.318 e. The average molecular weight is 300 g/mol. The zero-order valence-electron chi connectivity index (χ0n) is 12.4. The van der Waals surface area contributed by atoms with E-state index in [0.29, 0.717) is 18.3 Å². The van der Waals surface area contributed by atoms with E-state index in [-0.39, 0.29) is 29.1 Å².